The number of pyridine rings is 1. The van der Waals surface area contributed by atoms with Gasteiger partial charge in [-0.1, -0.05) is 23.7 Å². The van der Waals surface area contributed by atoms with Crippen LogP contribution in [0.2, 0.25) is 5.02 Å². The van der Waals surface area contributed by atoms with Crippen LogP contribution in [0.25, 0.3) is 11.1 Å². The number of hydrogen-bond acceptors (Lipinski definition) is 5. The molecule has 0 fully saturated rings. The predicted octanol–water partition coefficient (Wildman–Crippen LogP) is 5.16. The van der Waals surface area contributed by atoms with Crippen LogP contribution in [0, 0.1) is 11.6 Å². The van der Waals surface area contributed by atoms with Gasteiger partial charge in [-0.15, -0.1) is 0 Å². The van der Waals surface area contributed by atoms with Crippen LogP contribution in [-0.4, -0.2) is 19.2 Å². The average molecular weight is 468 g/mol. The monoisotopic (exact) mass is 467 g/mol. The first-order valence-corrected chi connectivity index (χ1v) is 11.3. The molecular formula is C21H20ClF2N3O3S. The molecule has 3 aromatic rings. The molecule has 0 saturated heterocycles. The van der Waals surface area contributed by atoms with Crippen LogP contribution >= 0.6 is 11.6 Å². The van der Waals surface area contributed by atoms with Crippen LogP contribution < -0.4 is 15.2 Å². The Morgan fingerprint density at radius 2 is 1.77 bits per heavy atom. The first-order valence-electron chi connectivity index (χ1n) is 9.27. The Balaban J connectivity index is 1.86. The average Bonchev–Trinajstić information content (AvgIpc) is 2.73. The lowest BCUT2D eigenvalue weighted by Gasteiger charge is -2.19. The van der Waals surface area contributed by atoms with Crippen LogP contribution in [0.5, 0.6) is 5.75 Å². The normalized spacial score (nSPS) is 12.4. The molecule has 3 N–H and O–H groups in total. The molecule has 0 aliphatic rings. The summed E-state index contributed by atoms with van der Waals surface area (Å²) in [4.78, 5) is 4.10. The smallest absolute Gasteiger partial charge is 0.232 e. The molecule has 0 aliphatic carbocycles. The molecular weight excluding hydrogens is 448 g/mol. The fourth-order valence-corrected chi connectivity index (χ4v) is 3.80. The summed E-state index contributed by atoms with van der Waals surface area (Å²) in [6.45, 7) is 3.06. The lowest BCUT2D eigenvalue weighted by atomic mass is 10.1. The Hall–Kier alpha value is -2.91. The van der Waals surface area contributed by atoms with Crippen molar-refractivity contribution in [3.05, 3.63) is 70.9 Å². The molecule has 6 nitrogen and oxygen atoms in total. The summed E-state index contributed by atoms with van der Waals surface area (Å²) < 4.78 is 59.5. The molecule has 0 amide bonds. The number of nitrogen functional groups attached to an aromatic ring is 1. The second-order valence-corrected chi connectivity index (χ2v) is 9.10. The summed E-state index contributed by atoms with van der Waals surface area (Å²) in [7, 11) is -3.38. The molecule has 0 spiro atoms. The number of nitrogens with two attached hydrogens (primary N) is 1. The van der Waals surface area contributed by atoms with Crippen LogP contribution in [-0.2, 0) is 10.0 Å². The molecule has 10 heteroatoms. The van der Waals surface area contributed by atoms with Gasteiger partial charge in [0.2, 0.25) is 10.0 Å². The maximum Gasteiger partial charge on any atom is 0.232 e. The number of nitrogens with zero attached hydrogens (tertiary/aromatic N) is 1. The van der Waals surface area contributed by atoms with Gasteiger partial charge >= 0.3 is 0 Å². The number of sulfonamides is 1. The number of rotatable bonds is 7. The van der Waals surface area contributed by atoms with E-state index in [1.165, 1.54) is 13.1 Å². The Bertz CT molecular complexity index is 1210. The standard InChI is InChI=1S/C21H20ClF2N3O3S/c1-3-31(28,29)27-15-6-4-13(5-7-15)14-10-18(21(25)26-11-14)30-12(2)19-16(23)8-9-17(24)20(19)22/h4-12,27H,3H2,1-2H3,(H2,25,26)/t12-/m1/s1. The summed E-state index contributed by atoms with van der Waals surface area (Å²) in [6.07, 6.45) is 0.585. The fraction of sp³-hybridized carbons (Fsp3) is 0.190. The van der Waals surface area contributed by atoms with E-state index in [2.05, 4.69) is 9.71 Å². The summed E-state index contributed by atoms with van der Waals surface area (Å²) >= 11 is 5.91. The molecule has 31 heavy (non-hydrogen) atoms. The Labute approximate surface area is 184 Å². The van der Waals surface area contributed by atoms with Crippen molar-refractivity contribution in [3.8, 4) is 16.9 Å². The van der Waals surface area contributed by atoms with E-state index in [0.717, 1.165) is 17.7 Å². The third kappa shape index (κ3) is 5.23. The molecule has 0 unspecified atom stereocenters. The number of aromatic nitrogens is 1. The van der Waals surface area contributed by atoms with Gasteiger partial charge in [-0.25, -0.2) is 22.2 Å². The molecule has 0 bridgehead atoms. The van der Waals surface area contributed by atoms with E-state index >= 15 is 0 Å². The van der Waals surface area contributed by atoms with Crippen LogP contribution in [0.15, 0.2) is 48.7 Å². The largest absolute Gasteiger partial charge is 0.482 e. The Kier molecular flexibility index (Phi) is 6.66. The number of ether oxygens (including phenoxy) is 1. The molecule has 0 radical (unpaired) electrons. The van der Waals surface area contributed by atoms with Gasteiger partial charge in [0.1, 0.15) is 17.7 Å². The lowest BCUT2D eigenvalue weighted by molar-refractivity contribution is 0.221. The molecule has 1 aromatic heterocycles. The van der Waals surface area contributed by atoms with Gasteiger partial charge in [0, 0.05) is 23.0 Å². The van der Waals surface area contributed by atoms with Crippen molar-refractivity contribution in [3.63, 3.8) is 0 Å². The van der Waals surface area contributed by atoms with Gasteiger partial charge in [-0.3, -0.25) is 4.72 Å². The highest BCUT2D eigenvalue weighted by Crippen LogP contribution is 2.35. The Morgan fingerprint density at radius 3 is 2.42 bits per heavy atom. The topological polar surface area (TPSA) is 94.3 Å². The van der Waals surface area contributed by atoms with Crippen molar-refractivity contribution in [1.29, 1.82) is 0 Å². The number of anilines is 2. The lowest BCUT2D eigenvalue weighted by Crippen LogP contribution is -2.14. The van der Waals surface area contributed by atoms with Crippen molar-refractivity contribution in [1.82, 2.24) is 4.98 Å². The van der Waals surface area contributed by atoms with Crippen molar-refractivity contribution in [2.75, 3.05) is 16.2 Å². The number of benzene rings is 2. The molecule has 0 saturated carbocycles. The minimum Gasteiger partial charge on any atom is -0.482 e. The van der Waals surface area contributed by atoms with E-state index < -0.39 is 27.8 Å². The minimum absolute atomic E-state index is 0.0363. The first-order chi connectivity index (χ1) is 14.6. The number of hydrogen-bond donors (Lipinski definition) is 2. The SMILES string of the molecule is CCS(=O)(=O)Nc1ccc(-c2cnc(N)c(O[C@H](C)c3c(F)ccc(F)c3Cl)c2)cc1. The summed E-state index contributed by atoms with van der Waals surface area (Å²) in [5.74, 6) is -1.26. The highest BCUT2D eigenvalue weighted by Gasteiger charge is 2.21. The highest BCUT2D eigenvalue weighted by atomic mass is 35.5. The second-order valence-electron chi connectivity index (χ2n) is 6.71. The number of nitrogens with one attached hydrogen (secondary N) is 1. The van der Waals surface area contributed by atoms with Crippen LogP contribution in [0.4, 0.5) is 20.3 Å². The predicted molar refractivity (Wildman–Crippen MR) is 118 cm³/mol. The summed E-state index contributed by atoms with van der Waals surface area (Å²) in [5, 5.41) is -0.361. The maximum atomic E-state index is 14.2. The zero-order chi connectivity index (χ0) is 22.8. The van der Waals surface area contributed by atoms with Gasteiger partial charge in [-0.05, 0) is 49.7 Å². The van der Waals surface area contributed by atoms with E-state index in [0.29, 0.717) is 11.3 Å². The zero-order valence-electron chi connectivity index (χ0n) is 16.7. The van der Waals surface area contributed by atoms with Crippen LogP contribution in [0.3, 0.4) is 0 Å². The van der Waals surface area contributed by atoms with Gasteiger partial charge in [0.15, 0.2) is 11.6 Å². The molecule has 0 aliphatic heterocycles. The maximum absolute atomic E-state index is 14.2. The molecule has 2 aromatic carbocycles. The first kappa shape index (κ1) is 22.8. The van der Waals surface area contributed by atoms with E-state index in [4.69, 9.17) is 22.1 Å². The van der Waals surface area contributed by atoms with Gasteiger partial charge < -0.3 is 10.5 Å². The molecule has 1 atom stereocenters. The van der Waals surface area contributed by atoms with Crippen molar-refractivity contribution in [2.24, 2.45) is 0 Å². The summed E-state index contributed by atoms with van der Waals surface area (Å²) in [6, 6.07) is 10.2. The van der Waals surface area contributed by atoms with E-state index in [-0.39, 0.29) is 27.9 Å². The van der Waals surface area contributed by atoms with Crippen molar-refractivity contribution < 1.29 is 21.9 Å². The van der Waals surface area contributed by atoms with E-state index in [1.807, 2.05) is 0 Å². The molecule has 164 valence electrons. The van der Waals surface area contributed by atoms with Crippen molar-refractivity contribution >= 4 is 33.1 Å². The fourth-order valence-electron chi connectivity index (χ4n) is 2.85. The summed E-state index contributed by atoms with van der Waals surface area (Å²) in [5.41, 5.74) is 7.55. The van der Waals surface area contributed by atoms with Gasteiger partial charge in [0.05, 0.1) is 10.8 Å². The highest BCUT2D eigenvalue weighted by molar-refractivity contribution is 7.92. The quantitative estimate of drug-likeness (QED) is 0.468. The minimum atomic E-state index is -3.38. The van der Waals surface area contributed by atoms with Gasteiger partial charge in [-0.2, -0.15) is 0 Å². The van der Waals surface area contributed by atoms with Gasteiger partial charge in [0.25, 0.3) is 0 Å². The number of halogens is 3. The third-order valence-corrected chi connectivity index (χ3v) is 6.23. The third-order valence-electron chi connectivity index (χ3n) is 4.54. The van der Waals surface area contributed by atoms with E-state index in [9.17, 15) is 17.2 Å². The zero-order valence-corrected chi connectivity index (χ0v) is 18.3. The molecule has 3 rings (SSSR count). The molecule has 1 heterocycles. The second kappa shape index (κ2) is 9.07. The van der Waals surface area contributed by atoms with E-state index in [1.54, 1.807) is 37.3 Å². The van der Waals surface area contributed by atoms with Crippen molar-refractivity contribution in [2.45, 2.75) is 20.0 Å². The van der Waals surface area contributed by atoms with Crippen LogP contribution in [0.1, 0.15) is 25.5 Å². The Morgan fingerprint density at radius 1 is 1.13 bits per heavy atom.